The number of thiophene rings is 1. The molecule has 0 fully saturated rings. The van der Waals surface area contributed by atoms with Gasteiger partial charge in [-0.2, -0.15) is 0 Å². The highest BCUT2D eigenvalue weighted by Gasteiger charge is 2.17. The minimum Gasteiger partial charge on any atom is -0.133 e. The zero-order valence-corrected chi connectivity index (χ0v) is 13.3. The summed E-state index contributed by atoms with van der Waals surface area (Å²) in [4.78, 5) is 1.23. The van der Waals surface area contributed by atoms with Gasteiger partial charge in [-0.15, -0.1) is 22.9 Å². The maximum Gasteiger partial charge on any atom is 0.0849 e. The number of halogens is 3. The molecule has 2 rings (SSSR count). The van der Waals surface area contributed by atoms with E-state index >= 15 is 0 Å². The quantitative estimate of drug-likeness (QED) is 0.574. The van der Waals surface area contributed by atoms with Crippen LogP contribution in [-0.4, -0.2) is 0 Å². The zero-order valence-electron chi connectivity index (χ0n) is 9.43. The van der Waals surface area contributed by atoms with Gasteiger partial charge in [0, 0.05) is 9.90 Å². The fraction of sp³-hybridized carbons (Fsp3) is 0.231. The molecule has 0 spiro atoms. The van der Waals surface area contributed by atoms with E-state index in [1.54, 1.807) is 11.3 Å². The monoisotopic (exact) mass is 348 g/mol. The van der Waals surface area contributed by atoms with E-state index in [0.717, 1.165) is 25.5 Å². The highest BCUT2D eigenvalue weighted by molar-refractivity contribution is 9.11. The number of benzene rings is 1. The van der Waals surface area contributed by atoms with Gasteiger partial charge in [0.1, 0.15) is 0 Å². The fourth-order valence-electron chi connectivity index (χ4n) is 1.76. The Labute approximate surface area is 124 Å². The van der Waals surface area contributed by atoms with Gasteiger partial charge in [-0.25, -0.2) is 0 Å². The van der Waals surface area contributed by atoms with Crippen LogP contribution >= 0.6 is 50.5 Å². The lowest BCUT2D eigenvalue weighted by Crippen LogP contribution is -1.96. The van der Waals surface area contributed by atoms with Crippen molar-refractivity contribution in [3.05, 3.63) is 54.6 Å². The van der Waals surface area contributed by atoms with Crippen molar-refractivity contribution in [2.45, 2.75) is 19.2 Å². The second-order valence-corrected chi connectivity index (χ2v) is 7.43. The summed E-state index contributed by atoms with van der Waals surface area (Å²) in [6, 6.07) is 7.92. The largest absolute Gasteiger partial charge is 0.133 e. The fourth-order valence-corrected chi connectivity index (χ4v) is 4.22. The van der Waals surface area contributed by atoms with E-state index in [1.807, 2.05) is 18.2 Å². The van der Waals surface area contributed by atoms with Crippen LogP contribution in [0.4, 0.5) is 0 Å². The van der Waals surface area contributed by atoms with Crippen LogP contribution in [0.1, 0.15) is 26.9 Å². The van der Waals surface area contributed by atoms with Crippen LogP contribution in [0.15, 0.2) is 28.1 Å². The molecule has 1 atom stereocenters. The molecule has 17 heavy (non-hydrogen) atoms. The molecule has 1 aromatic carbocycles. The SMILES string of the molecule is Cc1ccc(Cl)cc1C(Cl)c1cc(Br)sc1C. The van der Waals surface area contributed by atoms with Crippen molar-refractivity contribution in [2.75, 3.05) is 0 Å². The van der Waals surface area contributed by atoms with Crippen LogP contribution in [0, 0.1) is 13.8 Å². The van der Waals surface area contributed by atoms with Gasteiger partial charge in [-0.3, -0.25) is 0 Å². The first-order chi connectivity index (χ1) is 7.99. The van der Waals surface area contributed by atoms with Gasteiger partial charge in [-0.1, -0.05) is 17.7 Å². The topological polar surface area (TPSA) is 0 Å². The Morgan fingerprint density at radius 2 is 1.88 bits per heavy atom. The zero-order chi connectivity index (χ0) is 12.6. The molecule has 0 radical (unpaired) electrons. The first-order valence-electron chi connectivity index (χ1n) is 5.15. The molecule has 1 heterocycles. The van der Waals surface area contributed by atoms with E-state index in [1.165, 1.54) is 4.88 Å². The molecule has 0 amide bonds. The lowest BCUT2D eigenvalue weighted by atomic mass is 10.0. The predicted molar refractivity (Wildman–Crippen MR) is 80.6 cm³/mol. The van der Waals surface area contributed by atoms with E-state index in [-0.39, 0.29) is 5.38 Å². The molecule has 0 aliphatic heterocycles. The van der Waals surface area contributed by atoms with E-state index in [4.69, 9.17) is 23.2 Å². The van der Waals surface area contributed by atoms with Crippen molar-refractivity contribution < 1.29 is 0 Å². The van der Waals surface area contributed by atoms with Gasteiger partial charge < -0.3 is 0 Å². The molecule has 4 heteroatoms. The maximum absolute atomic E-state index is 6.55. The summed E-state index contributed by atoms with van der Waals surface area (Å²) in [6.45, 7) is 4.14. The Bertz CT molecular complexity index is 548. The highest BCUT2D eigenvalue weighted by Crippen LogP contribution is 2.39. The first-order valence-corrected chi connectivity index (χ1v) is 7.57. The molecule has 90 valence electrons. The number of hydrogen-bond donors (Lipinski definition) is 0. The second kappa shape index (κ2) is 5.31. The lowest BCUT2D eigenvalue weighted by Gasteiger charge is -2.13. The number of alkyl halides is 1. The van der Waals surface area contributed by atoms with Gasteiger partial charge in [0.2, 0.25) is 0 Å². The number of hydrogen-bond acceptors (Lipinski definition) is 1. The third kappa shape index (κ3) is 2.87. The Hall–Kier alpha value is -0.0200. The maximum atomic E-state index is 6.55. The predicted octanol–water partition coefficient (Wildman–Crippen LogP) is 6.11. The van der Waals surface area contributed by atoms with Crippen LogP contribution < -0.4 is 0 Å². The highest BCUT2D eigenvalue weighted by atomic mass is 79.9. The summed E-state index contributed by atoms with van der Waals surface area (Å²) in [5.41, 5.74) is 3.39. The third-order valence-corrected chi connectivity index (χ3v) is 4.99. The van der Waals surface area contributed by atoms with E-state index in [2.05, 4.69) is 35.8 Å². The molecule has 0 saturated carbocycles. The lowest BCUT2D eigenvalue weighted by molar-refractivity contribution is 1.11. The summed E-state index contributed by atoms with van der Waals surface area (Å²) in [7, 11) is 0. The van der Waals surface area contributed by atoms with Crippen LogP contribution in [0.25, 0.3) is 0 Å². The number of aryl methyl sites for hydroxylation is 2. The van der Waals surface area contributed by atoms with Gasteiger partial charge in [0.25, 0.3) is 0 Å². The third-order valence-electron chi connectivity index (χ3n) is 2.71. The summed E-state index contributed by atoms with van der Waals surface area (Å²) < 4.78 is 1.11. The average Bonchev–Trinajstić information content (AvgIpc) is 2.60. The molecule has 0 saturated heterocycles. The van der Waals surface area contributed by atoms with Crippen molar-refractivity contribution in [3.63, 3.8) is 0 Å². The van der Waals surface area contributed by atoms with E-state index in [9.17, 15) is 0 Å². The smallest absolute Gasteiger partial charge is 0.0849 e. The molecule has 2 aromatic rings. The van der Waals surface area contributed by atoms with Crippen molar-refractivity contribution >= 4 is 50.5 Å². The Kier molecular flexibility index (Phi) is 4.19. The molecule has 0 N–H and O–H groups in total. The van der Waals surface area contributed by atoms with Gasteiger partial charge in [0.05, 0.1) is 9.16 Å². The second-order valence-electron chi connectivity index (χ2n) is 3.93. The van der Waals surface area contributed by atoms with Crippen LogP contribution in [0.5, 0.6) is 0 Å². The summed E-state index contributed by atoms with van der Waals surface area (Å²) in [5.74, 6) is 0. The molecule has 0 bridgehead atoms. The van der Waals surface area contributed by atoms with E-state index in [0.29, 0.717) is 0 Å². The van der Waals surface area contributed by atoms with Gasteiger partial charge in [0.15, 0.2) is 0 Å². The summed E-state index contributed by atoms with van der Waals surface area (Å²) >= 11 is 17.8. The standard InChI is InChI=1S/C13H11BrCl2S/c1-7-3-4-9(15)5-10(7)13(16)11-6-12(14)17-8(11)2/h3-6,13H,1-2H3. The first kappa shape index (κ1) is 13.4. The van der Waals surface area contributed by atoms with Crippen LogP contribution in [0.3, 0.4) is 0 Å². The van der Waals surface area contributed by atoms with Crippen molar-refractivity contribution in [1.29, 1.82) is 0 Å². The van der Waals surface area contributed by atoms with E-state index < -0.39 is 0 Å². The molecule has 0 aliphatic carbocycles. The Morgan fingerprint density at radius 3 is 2.47 bits per heavy atom. The van der Waals surface area contributed by atoms with Crippen molar-refractivity contribution in [1.82, 2.24) is 0 Å². The summed E-state index contributed by atoms with van der Waals surface area (Å²) in [5, 5.41) is 0.583. The Balaban J connectivity index is 2.46. The number of rotatable bonds is 2. The molecule has 1 unspecified atom stereocenters. The van der Waals surface area contributed by atoms with Crippen LogP contribution in [-0.2, 0) is 0 Å². The van der Waals surface area contributed by atoms with Crippen molar-refractivity contribution in [2.24, 2.45) is 0 Å². The Morgan fingerprint density at radius 1 is 1.18 bits per heavy atom. The molecule has 1 aromatic heterocycles. The van der Waals surface area contributed by atoms with Crippen molar-refractivity contribution in [3.8, 4) is 0 Å². The molecular formula is C13H11BrCl2S. The molecule has 0 aliphatic rings. The minimum atomic E-state index is -0.142. The molecular weight excluding hydrogens is 339 g/mol. The minimum absolute atomic E-state index is 0.142. The van der Waals surface area contributed by atoms with Gasteiger partial charge in [-0.05, 0) is 64.7 Å². The van der Waals surface area contributed by atoms with Gasteiger partial charge >= 0.3 is 0 Å². The average molecular weight is 350 g/mol. The normalized spacial score (nSPS) is 12.8. The van der Waals surface area contributed by atoms with Crippen LogP contribution in [0.2, 0.25) is 5.02 Å². The summed E-state index contributed by atoms with van der Waals surface area (Å²) in [6.07, 6.45) is 0. The molecule has 0 nitrogen and oxygen atoms in total.